The van der Waals surface area contributed by atoms with Gasteiger partial charge in [-0.15, -0.1) is 0 Å². The summed E-state index contributed by atoms with van der Waals surface area (Å²) in [5.41, 5.74) is 2.80. The van der Waals surface area contributed by atoms with Gasteiger partial charge < -0.3 is 20.1 Å². The van der Waals surface area contributed by atoms with E-state index in [1.165, 1.54) is 24.3 Å². The van der Waals surface area contributed by atoms with Crippen molar-refractivity contribution >= 4 is 28.9 Å². The lowest BCUT2D eigenvalue weighted by Crippen LogP contribution is -2.26. The average molecular weight is 456 g/mol. The van der Waals surface area contributed by atoms with E-state index in [4.69, 9.17) is 16.3 Å². The molecule has 0 radical (unpaired) electrons. The zero-order chi connectivity index (χ0) is 22.5. The summed E-state index contributed by atoms with van der Waals surface area (Å²) in [6, 6.07) is 14.5. The number of amides is 1. The molecule has 4 rings (SSSR count). The van der Waals surface area contributed by atoms with Crippen LogP contribution in [0.5, 0.6) is 5.88 Å². The van der Waals surface area contributed by atoms with E-state index in [0.29, 0.717) is 35.1 Å². The molecule has 32 heavy (non-hydrogen) atoms. The van der Waals surface area contributed by atoms with Crippen molar-refractivity contribution in [1.82, 2.24) is 4.98 Å². The smallest absolute Gasteiger partial charge is 0.255 e. The van der Waals surface area contributed by atoms with E-state index < -0.39 is 0 Å². The van der Waals surface area contributed by atoms with Crippen LogP contribution < -0.4 is 15.0 Å². The predicted octanol–water partition coefficient (Wildman–Crippen LogP) is 4.32. The number of aromatic nitrogens is 1. The van der Waals surface area contributed by atoms with E-state index in [1.54, 1.807) is 30.5 Å². The van der Waals surface area contributed by atoms with Gasteiger partial charge in [-0.05, 0) is 66.6 Å². The zero-order valence-corrected chi connectivity index (χ0v) is 18.1. The second-order valence-corrected chi connectivity index (χ2v) is 7.95. The van der Waals surface area contributed by atoms with Gasteiger partial charge in [0.2, 0.25) is 5.88 Å². The molecule has 2 heterocycles. The summed E-state index contributed by atoms with van der Waals surface area (Å²) in [5.74, 6) is -0.241. The summed E-state index contributed by atoms with van der Waals surface area (Å²) in [4.78, 5) is 19.0. The highest BCUT2D eigenvalue weighted by Gasteiger charge is 2.27. The Kier molecular flexibility index (Phi) is 6.87. The van der Waals surface area contributed by atoms with Gasteiger partial charge in [-0.3, -0.25) is 4.79 Å². The molecule has 8 heteroatoms. The number of rotatable bonds is 7. The van der Waals surface area contributed by atoms with Crippen LogP contribution in [-0.2, 0) is 6.42 Å². The number of hydrogen-bond donors (Lipinski definition) is 2. The van der Waals surface area contributed by atoms with E-state index in [-0.39, 0.29) is 24.4 Å². The number of benzene rings is 2. The number of carbonyl (C=O) groups excluding carboxylic acids is 1. The van der Waals surface area contributed by atoms with Gasteiger partial charge in [0.25, 0.3) is 5.91 Å². The Morgan fingerprint density at radius 1 is 1.25 bits per heavy atom. The fourth-order valence-corrected chi connectivity index (χ4v) is 3.92. The standard InChI is InChI=1S/C24H23ClFN3O3/c25-21-2-1-11-27-24(21)32-20-9-12-29(15-20)22-8-3-17(14-16(22)10-13-30)23(31)28-19-6-4-18(26)5-7-19/h1-8,11,14,20,30H,9-10,12-13,15H2,(H,28,31). The molecule has 1 saturated heterocycles. The van der Waals surface area contributed by atoms with E-state index in [0.717, 1.165) is 24.2 Å². The molecule has 1 aliphatic rings. The van der Waals surface area contributed by atoms with Gasteiger partial charge in [0.15, 0.2) is 0 Å². The Morgan fingerprint density at radius 3 is 2.81 bits per heavy atom. The minimum atomic E-state index is -0.365. The highest BCUT2D eigenvalue weighted by molar-refractivity contribution is 6.31. The first-order valence-electron chi connectivity index (χ1n) is 10.4. The number of halogens is 2. The molecule has 1 unspecified atom stereocenters. The maximum absolute atomic E-state index is 13.1. The molecule has 0 saturated carbocycles. The predicted molar refractivity (Wildman–Crippen MR) is 122 cm³/mol. The van der Waals surface area contributed by atoms with Gasteiger partial charge in [-0.1, -0.05) is 11.6 Å². The Bertz CT molecular complexity index is 1090. The van der Waals surface area contributed by atoms with Crippen LogP contribution in [0.25, 0.3) is 0 Å². The van der Waals surface area contributed by atoms with Crippen molar-refractivity contribution in [1.29, 1.82) is 0 Å². The lowest BCUT2D eigenvalue weighted by molar-refractivity contribution is 0.102. The highest BCUT2D eigenvalue weighted by atomic mass is 35.5. The molecule has 2 aromatic carbocycles. The third-order valence-corrected chi connectivity index (χ3v) is 5.60. The first kappa shape index (κ1) is 22.0. The Balaban J connectivity index is 1.47. The summed E-state index contributed by atoms with van der Waals surface area (Å²) in [5, 5.41) is 12.8. The van der Waals surface area contributed by atoms with E-state index in [9.17, 15) is 14.3 Å². The molecular weight excluding hydrogens is 433 g/mol. The number of nitrogens with one attached hydrogen (secondary N) is 1. The average Bonchev–Trinajstić information content (AvgIpc) is 3.25. The Hall–Kier alpha value is -3.16. The maximum Gasteiger partial charge on any atom is 0.255 e. The van der Waals surface area contributed by atoms with Crippen molar-refractivity contribution in [2.75, 3.05) is 29.9 Å². The summed E-state index contributed by atoms with van der Waals surface area (Å²) >= 11 is 6.15. The monoisotopic (exact) mass is 455 g/mol. The summed E-state index contributed by atoms with van der Waals surface area (Å²) < 4.78 is 19.1. The summed E-state index contributed by atoms with van der Waals surface area (Å²) in [6.45, 7) is 1.38. The highest BCUT2D eigenvalue weighted by Crippen LogP contribution is 2.29. The molecule has 0 bridgehead atoms. The van der Waals surface area contributed by atoms with Crippen molar-refractivity contribution < 1.29 is 19.0 Å². The van der Waals surface area contributed by atoms with E-state index >= 15 is 0 Å². The maximum atomic E-state index is 13.1. The van der Waals surface area contributed by atoms with Crippen LogP contribution >= 0.6 is 11.6 Å². The second kappa shape index (κ2) is 9.97. The summed E-state index contributed by atoms with van der Waals surface area (Å²) in [6.07, 6.45) is 2.80. The third kappa shape index (κ3) is 5.18. The normalized spacial score (nSPS) is 15.6. The molecule has 1 aliphatic heterocycles. The first-order valence-corrected chi connectivity index (χ1v) is 10.7. The number of aliphatic hydroxyl groups excluding tert-OH is 1. The third-order valence-electron chi connectivity index (χ3n) is 5.31. The minimum absolute atomic E-state index is 0.0344. The largest absolute Gasteiger partial charge is 0.471 e. The van der Waals surface area contributed by atoms with Crippen LogP contribution in [0.3, 0.4) is 0 Å². The molecule has 1 atom stereocenters. The zero-order valence-electron chi connectivity index (χ0n) is 17.3. The van der Waals surface area contributed by atoms with Crippen molar-refractivity contribution in [3.63, 3.8) is 0 Å². The van der Waals surface area contributed by atoms with E-state index in [1.807, 2.05) is 6.07 Å². The number of nitrogens with zero attached hydrogens (tertiary/aromatic N) is 2. The lowest BCUT2D eigenvalue weighted by Gasteiger charge is -2.23. The molecule has 6 nitrogen and oxygen atoms in total. The Labute approximate surface area is 190 Å². The fourth-order valence-electron chi connectivity index (χ4n) is 3.75. The molecule has 2 N–H and O–H groups in total. The van der Waals surface area contributed by atoms with Crippen molar-refractivity contribution in [2.24, 2.45) is 0 Å². The number of aliphatic hydroxyl groups is 1. The van der Waals surface area contributed by atoms with Crippen LogP contribution in [0.4, 0.5) is 15.8 Å². The van der Waals surface area contributed by atoms with Crippen LogP contribution in [0, 0.1) is 5.82 Å². The van der Waals surface area contributed by atoms with Crippen molar-refractivity contribution in [3.05, 3.63) is 82.8 Å². The molecule has 1 aromatic heterocycles. The quantitative estimate of drug-likeness (QED) is 0.555. The molecule has 1 fully saturated rings. The molecule has 0 aliphatic carbocycles. The van der Waals surface area contributed by atoms with Gasteiger partial charge in [0, 0.05) is 42.7 Å². The van der Waals surface area contributed by atoms with E-state index in [2.05, 4.69) is 15.2 Å². The lowest BCUT2D eigenvalue weighted by atomic mass is 10.0. The number of ether oxygens (including phenoxy) is 1. The molecule has 166 valence electrons. The van der Waals surface area contributed by atoms with Crippen molar-refractivity contribution in [3.8, 4) is 5.88 Å². The topological polar surface area (TPSA) is 74.7 Å². The fraction of sp³-hybridized carbons (Fsp3) is 0.250. The van der Waals surface area contributed by atoms with Crippen LogP contribution in [0.2, 0.25) is 5.02 Å². The van der Waals surface area contributed by atoms with Gasteiger partial charge in [-0.25, -0.2) is 9.37 Å². The van der Waals surface area contributed by atoms with Crippen LogP contribution in [0.1, 0.15) is 22.3 Å². The van der Waals surface area contributed by atoms with Crippen LogP contribution in [-0.4, -0.2) is 41.8 Å². The first-order chi connectivity index (χ1) is 15.5. The van der Waals surface area contributed by atoms with Crippen molar-refractivity contribution in [2.45, 2.75) is 18.9 Å². The number of carbonyl (C=O) groups is 1. The van der Waals surface area contributed by atoms with Gasteiger partial charge >= 0.3 is 0 Å². The van der Waals surface area contributed by atoms with Gasteiger partial charge in [0.05, 0.1) is 6.54 Å². The summed E-state index contributed by atoms with van der Waals surface area (Å²) in [7, 11) is 0. The number of hydrogen-bond acceptors (Lipinski definition) is 5. The SMILES string of the molecule is O=C(Nc1ccc(F)cc1)c1ccc(N2CCC(Oc3ncccc3Cl)C2)c(CCO)c1. The number of pyridine rings is 1. The van der Waals surface area contributed by atoms with Gasteiger partial charge in [-0.2, -0.15) is 0 Å². The molecular formula is C24H23ClFN3O3. The van der Waals surface area contributed by atoms with Gasteiger partial charge in [0.1, 0.15) is 16.9 Å². The van der Waals surface area contributed by atoms with Crippen LogP contribution in [0.15, 0.2) is 60.8 Å². The molecule has 0 spiro atoms. The Morgan fingerprint density at radius 2 is 2.06 bits per heavy atom. The molecule has 3 aromatic rings. The molecule has 1 amide bonds. The second-order valence-electron chi connectivity index (χ2n) is 7.54. The minimum Gasteiger partial charge on any atom is -0.471 e. The number of anilines is 2.